The van der Waals surface area contributed by atoms with E-state index >= 15 is 0 Å². The highest BCUT2D eigenvalue weighted by Gasteiger charge is 2.27. The molecule has 7 heteroatoms. The third-order valence-electron chi connectivity index (χ3n) is 3.36. The van der Waals surface area contributed by atoms with E-state index in [4.69, 9.17) is 16.2 Å². The minimum Gasteiger partial charge on any atom is -0.399 e. The Morgan fingerprint density at radius 3 is 2.95 bits per heavy atom. The van der Waals surface area contributed by atoms with Crippen molar-refractivity contribution in [3.05, 3.63) is 24.3 Å². The molecule has 1 atom stereocenters. The van der Waals surface area contributed by atoms with Crippen molar-refractivity contribution in [3.63, 3.8) is 0 Å². The van der Waals surface area contributed by atoms with Crippen molar-refractivity contribution in [2.24, 2.45) is 5.73 Å². The molecule has 0 aromatic heterocycles. The zero-order chi connectivity index (χ0) is 15.2. The molecule has 1 unspecified atom stereocenters. The Morgan fingerprint density at radius 1 is 1.43 bits per heavy atom. The molecule has 0 saturated carbocycles. The molecule has 114 valence electrons. The first kappa shape index (κ1) is 15.3. The highest BCUT2D eigenvalue weighted by atomic mass is 16.5. The summed E-state index contributed by atoms with van der Waals surface area (Å²) >= 11 is 0. The van der Waals surface area contributed by atoms with Crippen LogP contribution in [-0.2, 0) is 14.3 Å². The average molecular weight is 292 g/mol. The molecule has 1 aromatic carbocycles. The maximum atomic E-state index is 11.9. The van der Waals surface area contributed by atoms with E-state index in [1.54, 1.807) is 24.3 Å². The van der Waals surface area contributed by atoms with Gasteiger partial charge in [-0.05, 0) is 18.2 Å². The van der Waals surface area contributed by atoms with Crippen molar-refractivity contribution in [1.82, 2.24) is 4.90 Å². The van der Waals surface area contributed by atoms with E-state index in [1.165, 1.54) is 0 Å². The molecule has 1 heterocycles. The Labute approximate surface area is 123 Å². The van der Waals surface area contributed by atoms with Crippen LogP contribution < -0.4 is 16.8 Å². The van der Waals surface area contributed by atoms with Crippen molar-refractivity contribution in [3.8, 4) is 0 Å². The summed E-state index contributed by atoms with van der Waals surface area (Å²) in [6.07, 6.45) is 0.276. The van der Waals surface area contributed by atoms with Crippen molar-refractivity contribution in [1.29, 1.82) is 0 Å². The molecule has 5 N–H and O–H groups in total. The number of amides is 2. The molecule has 1 fully saturated rings. The molecule has 1 aromatic rings. The summed E-state index contributed by atoms with van der Waals surface area (Å²) in [5.41, 5.74) is 12.2. The Kier molecular flexibility index (Phi) is 5.13. The number of benzene rings is 1. The van der Waals surface area contributed by atoms with Gasteiger partial charge in [-0.2, -0.15) is 0 Å². The molecule has 7 nitrogen and oxygen atoms in total. The van der Waals surface area contributed by atoms with Gasteiger partial charge in [0.1, 0.15) is 6.04 Å². The second kappa shape index (κ2) is 7.05. The van der Waals surface area contributed by atoms with Gasteiger partial charge >= 0.3 is 0 Å². The molecule has 0 radical (unpaired) electrons. The van der Waals surface area contributed by atoms with Gasteiger partial charge in [0.2, 0.25) is 11.8 Å². The highest BCUT2D eigenvalue weighted by molar-refractivity contribution is 5.91. The molecule has 1 saturated heterocycles. The van der Waals surface area contributed by atoms with Crippen molar-refractivity contribution in [2.75, 3.05) is 37.4 Å². The quantitative estimate of drug-likeness (QED) is 0.650. The van der Waals surface area contributed by atoms with E-state index < -0.39 is 11.9 Å². The molecule has 0 aliphatic carbocycles. The number of carbonyl (C=O) groups excluding carboxylic acids is 2. The zero-order valence-electron chi connectivity index (χ0n) is 11.7. The second-order valence-corrected chi connectivity index (χ2v) is 4.95. The Morgan fingerprint density at radius 2 is 2.24 bits per heavy atom. The van der Waals surface area contributed by atoms with Crippen molar-refractivity contribution >= 4 is 23.2 Å². The van der Waals surface area contributed by atoms with Crippen LogP contribution in [0.25, 0.3) is 0 Å². The van der Waals surface area contributed by atoms with Crippen LogP contribution in [0.5, 0.6) is 0 Å². The van der Waals surface area contributed by atoms with E-state index in [9.17, 15) is 9.59 Å². The molecule has 21 heavy (non-hydrogen) atoms. The first-order valence-electron chi connectivity index (χ1n) is 6.83. The fourth-order valence-electron chi connectivity index (χ4n) is 2.25. The van der Waals surface area contributed by atoms with E-state index in [1.807, 2.05) is 4.90 Å². The van der Waals surface area contributed by atoms with Crippen LogP contribution in [0.15, 0.2) is 24.3 Å². The molecule has 0 spiro atoms. The number of rotatable bonds is 5. The van der Waals surface area contributed by atoms with Gasteiger partial charge in [-0.1, -0.05) is 6.07 Å². The number of ether oxygens (including phenoxy) is 1. The van der Waals surface area contributed by atoms with Crippen LogP contribution in [0.3, 0.4) is 0 Å². The fourth-order valence-corrected chi connectivity index (χ4v) is 2.25. The van der Waals surface area contributed by atoms with Crippen LogP contribution in [0.1, 0.15) is 6.42 Å². The largest absolute Gasteiger partial charge is 0.399 e. The summed E-state index contributed by atoms with van der Waals surface area (Å²) in [5.74, 6) is -0.554. The topological polar surface area (TPSA) is 111 Å². The van der Waals surface area contributed by atoms with E-state index in [0.717, 1.165) is 0 Å². The Hall–Kier alpha value is -2.12. The number of carbonyl (C=O) groups is 2. The predicted molar refractivity (Wildman–Crippen MR) is 79.5 cm³/mol. The van der Waals surface area contributed by atoms with Gasteiger partial charge in [-0.3, -0.25) is 14.5 Å². The van der Waals surface area contributed by atoms with Gasteiger partial charge in [0.25, 0.3) is 0 Å². The van der Waals surface area contributed by atoms with Gasteiger partial charge in [0.15, 0.2) is 0 Å². The third kappa shape index (κ3) is 4.44. The lowest BCUT2D eigenvalue weighted by atomic mass is 10.2. The number of hydrogen-bond donors (Lipinski definition) is 3. The summed E-state index contributed by atoms with van der Waals surface area (Å²) in [5, 5.41) is 2.77. The maximum absolute atomic E-state index is 11.9. The van der Waals surface area contributed by atoms with E-state index in [-0.39, 0.29) is 18.9 Å². The van der Waals surface area contributed by atoms with Crippen LogP contribution in [-0.4, -0.2) is 49.1 Å². The molecule has 2 amide bonds. The standard InChI is InChI=1S/C14H20N4O3/c15-10-2-1-3-11(8-10)17-13(19)4-5-18-6-7-21-9-12(18)14(16)20/h1-3,8,12H,4-7,9,15H2,(H2,16,20)(H,17,19). The van der Waals surface area contributed by atoms with Gasteiger partial charge in [0, 0.05) is 30.9 Å². The van der Waals surface area contributed by atoms with Crippen LogP contribution in [0, 0.1) is 0 Å². The van der Waals surface area contributed by atoms with Gasteiger partial charge in [0.05, 0.1) is 13.2 Å². The predicted octanol–water partition coefficient (Wildman–Crippen LogP) is -0.216. The van der Waals surface area contributed by atoms with Crippen molar-refractivity contribution in [2.45, 2.75) is 12.5 Å². The van der Waals surface area contributed by atoms with Gasteiger partial charge in [-0.15, -0.1) is 0 Å². The van der Waals surface area contributed by atoms with E-state index in [0.29, 0.717) is 31.1 Å². The van der Waals surface area contributed by atoms with Crippen molar-refractivity contribution < 1.29 is 14.3 Å². The fraction of sp³-hybridized carbons (Fsp3) is 0.429. The molecular formula is C14H20N4O3. The first-order chi connectivity index (χ1) is 10.1. The number of primary amides is 1. The number of nitrogens with two attached hydrogens (primary N) is 2. The van der Waals surface area contributed by atoms with Crippen LogP contribution in [0.4, 0.5) is 11.4 Å². The molecule has 1 aliphatic rings. The molecular weight excluding hydrogens is 272 g/mol. The van der Waals surface area contributed by atoms with Gasteiger partial charge < -0.3 is 21.5 Å². The number of morpholine rings is 1. The first-order valence-corrected chi connectivity index (χ1v) is 6.83. The minimum absolute atomic E-state index is 0.129. The Balaban J connectivity index is 1.84. The van der Waals surface area contributed by atoms with Crippen LogP contribution in [0.2, 0.25) is 0 Å². The summed E-state index contributed by atoms with van der Waals surface area (Å²) in [6.45, 7) is 1.89. The minimum atomic E-state index is -0.459. The lowest BCUT2D eigenvalue weighted by molar-refractivity contribution is -0.130. The lowest BCUT2D eigenvalue weighted by Crippen LogP contribution is -2.52. The summed E-state index contributed by atoms with van der Waals surface area (Å²) in [6, 6.07) is 6.53. The zero-order valence-corrected chi connectivity index (χ0v) is 11.7. The SMILES string of the molecule is NC(=O)C1COCCN1CCC(=O)Nc1cccc(N)c1. The number of nitrogens with one attached hydrogen (secondary N) is 1. The van der Waals surface area contributed by atoms with Gasteiger partial charge in [-0.25, -0.2) is 0 Å². The normalized spacial score (nSPS) is 19.1. The summed E-state index contributed by atoms with van der Waals surface area (Å²) in [7, 11) is 0. The van der Waals surface area contributed by atoms with E-state index in [2.05, 4.69) is 5.32 Å². The second-order valence-electron chi connectivity index (χ2n) is 4.95. The number of nitrogen functional groups attached to an aromatic ring is 1. The summed E-state index contributed by atoms with van der Waals surface area (Å²) < 4.78 is 5.23. The van der Waals surface area contributed by atoms with Crippen LogP contribution >= 0.6 is 0 Å². The highest BCUT2D eigenvalue weighted by Crippen LogP contribution is 2.12. The summed E-state index contributed by atoms with van der Waals surface area (Å²) in [4.78, 5) is 25.1. The third-order valence-corrected chi connectivity index (χ3v) is 3.36. The average Bonchev–Trinajstić information content (AvgIpc) is 2.45. The number of anilines is 2. The molecule has 1 aliphatic heterocycles. The smallest absolute Gasteiger partial charge is 0.237 e. The number of hydrogen-bond acceptors (Lipinski definition) is 5. The molecule has 2 rings (SSSR count). The Bertz CT molecular complexity index is 521. The number of nitrogens with zero attached hydrogens (tertiary/aromatic N) is 1. The lowest BCUT2D eigenvalue weighted by Gasteiger charge is -2.33. The maximum Gasteiger partial charge on any atom is 0.237 e. The monoisotopic (exact) mass is 292 g/mol. The molecule has 0 bridgehead atoms.